The van der Waals surface area contributed by atoms with Crippen LogP contribution < -0.4 is 5.73 Å². The Bertz CT molecular complexity index is 734. The summed E-state index contributed by atoms with van der Waals surface area (Å²) in [7, 11) is 0. The molecule has 0 amide bonds. The number of pyridine rings is 1. The molecule has 0 spiro atoms. The predicted molar refractivity (Wildman–Crippen MR) is 75.1 cm³/mol. The van der Waals surface area contributed by atoms with Crippen LogP contribution in [-0.4, -0.2) is 9.38 Å². The molecule has 0 saturated carbocycles. The normalized spacial score (nSPS) is 11.0. The third-order valence-corrected chi connectivity index (χ3v) is 3.47. The van der Waals surface area contributed by atoms with Crippen molar-refractivity contribution in [3.05, 3.63) is 52.8 Å². The first-order valence-corrected chi connectivity index (χ1v) is 6.09. The monoisotopic (exact) mass is 277 g/mol. The molecular formula is C13H9Cl2N3. The predicted octanol–water partition coefficient (Wildman–Crippen LogP) is 3.89. The molecule has 90 valence electrons. The van der Waals surface area contributed by atoms with Crippen LogP contribution >= 0.6 is 23.2 Å². The number of fused-ring (bicyclic) bond motifs is 1. The summed E-state index contributed by atoms with van der Waals surface area (Å²) >= 11 is 11.9. The van der Waals surface area contributed by atoms with E-state index < -0.39 is 0 Å². The topological polar surface area (TPSA) is 43.3 Å². The molecular weight excluding hydrogens is 269 g/mol. The van der Waals surface area contributed by atoms with Crippen LogP contribution in [0.5, 0.6) is 0 Å². The van der Waals surface area contributed by atoms with Gasteiger partial charge in [-0.15, -0.1) is 0 Å². The van der Waals surface area contributed by atoms with Crippen LogP contribution in [-0.2, 0) is 0 Å². The maximum Gasteiger partial charge on any atom is 0.160 e. The minimum atomic E-state index is 0.513. The van der Waals surface area contributed by atoms with Gasteiger partial charge < -0.3 is 10.1 Å². The number of nitrogen functional groups attached to an aromatic ring is 1. The second-order valence-electron chi connectivity index (χ2n) is 3.95. The van der Waals surface area contributed by atoms with E-state index in [0.29, 0.717) is 15.7 Å². The average Bonchev–Trinajstić information content (AvgIpc) is 2.78. The number of imidazole rings is 1. The summed E-state index contributed by atoms with van der Waals surface area (Å²) in [5.41, 5.74) is 8.97. The molecule has 5 heteroatoms. The zero-order valence-corrected chi connectivity index (χ0v) is 10.8. The van der Waals surface area contributed by atoms with Crippen LogP contribution in [0, 0.1) is 0 Å². The molecule has 3 nitrogen and oxygen atoms in total. The summed E-state index contributed by atoms with van der Waals surface area (Å²) in [6.07, 6.45) is 3.81. The first kappa shape index (κ1) is 11.4. The molecule has 0 fully saturated rings. The van der Waals surface area contributed by atoms with E-state index in [-0.39, 0.29) is 0 Å². The molecule has 2 heterocycles. The summed E-state index contributed by atoms with van der Waals surface area (Å²) in [6, 6.07) is 9.13. The van der Waals surface area contributed by atoms with Gasteiger partial charge in [0.1, 0.15) is 0 Å². The smallest absolute Gasteiger partial charge is 0.160 e. The van der Waals surface area contributed by atoms with E-state index >= 15 is 0 Å². The van der Waals surface area contributed by atoms with Crippen molar-refractivity contribution in [1.29, 1.82) is 0 Å². The van der Waals surface area contributed by atoms with Crippen LogP contribution in [0.4, 0.5) is 5.69 Å². The quantitative estimate of drug-likeness (QED) is 0.733. The van der Waals surface area contributed by atoms with E-state index in [4.69, 9.17) is 28.9 Å². The zero-order chi connectivity index (χ0) is 12.7. The highest BCUT2D eigenvalue weighted by atomic mass is 35.5. The van der Waals surface area contributed by atoms with Crippen molar-refractivity contribution >= 4 is 34.5 Å². The fourth-order valence-electron chi connectivity index (χ4n) is 1.83. The lowest BCUT2D eigenvalue weighted by Crippen LogP contribution is -1.90. The lowest BCUT2D eigenvalue weighted by Gasteiger charge is -1.98. The molecule has 0 unspecified atom stereocenters. The fraction of sp³-hybridized carbons (Fsp3) is 0. The fourth-order valence-corrected chi connectivity index (χ4v) is 2.13. The van der Waals surface area contributed by atoms with Gasteiger partial charge in [0.25, 0.3) is 0 Å². The first-order chi connectivity index (χ1) is 8.65. The van der Waals surface area contributed by atoms with Crippen molar-refractivity contribution in [2.24, 2.45) is 0 Å². The number of nitrogens with zero attached hydrogens (tertiary/aromatic N) is 2. The summed E-state index contributed by atoms with van der Waals surface area (Å²) in [4.78, 5) is 4.49. The number of benzene rings is 1. The zero-order valence-electron chi connectivity index (χ0n) is 9.27. The van der Waals surface area contributed by atoms with Gasteiger partial charge in [0.05, 0.1) is 21.4 Å². The Morgan fingerprint density at radius 1 is 1.11 bits per heavy atom. The van der Waals surface area contributed by atoms with Gasteiger partial charge >= 0.3 is 0 Å². The number of anilines is 1. The van der Waals surface area contributed by atoms with Crippen LogP contribution in [0.25, 0.3) is 16.9 Å². The Morgan fingerprint density at radius 3 is 2.67 bits per heavy atom. The third kappa shape index (κ3) is 1.82. The van der Waals surface area contributed by atoms with Gasteiger partial charge in [-0.2, -0.15) is 0 Å². The van der Waals surface area contributed by atoms with E-state index in [2.05, 4.69) is 4.98 Å². The van der Waals surface area contributed by atoms with Crippen LogP contribution in [0.2, 0.25) is 10.0 Å². The van der Waals surface area contributed by atoms with Crippen molar-refractivity contribution in [1.82, 2.24) is 9.38 Å². The van der Waals surface area contributed by atoms with Crippen molar-refractivity contribution in [3.63, 3.8) is 0 Å². The van der Waals surface area contributed by atoms with E-state index in [9.17, 15) is 0 Å². The van der Waals surface area contributed by atoms with E-state index in [1.807, 2.05) is 35.0 Å². The maximum absolute atomic E-state index is 6.00. The highest BCUT2D eigenvalue weighted by Crippen LogP contribution is 2.28. The van der Waals surface area contributed by atoms with Gasteiger partial charge in [0, 0.05) is 18.0 Å². The maximum atomic E-state index is 6.00. The second kappa shape index (κ2) is 4.19. The number of nitrogens with two attached hydrogens (primary N) is 1. The summed E-state index contributed by atoms with van der Waals surface area (Å²) in [6.45, 7) is 0. The molecule has 1 aromatic carbocycles. The molecule has 0 aliphatic rings. The van der Waals surface area contributed by atoms with Gasteiger partial charge in [0.2, 0.25) is 0 Å². The highest BCUT2D eigenvalue weighted by Gasteiger charge is 2.07. The molecule has 18 heavy (non-hydrogen) atoms. The van der Waals surface area contributed by atoms with Crippen molar-refractivity contribution in [3.8, 4) is 11.3 Å². The number of rotatable bonds is 1. The van der Waals surface area contributed by atoms with E-state index in [1.165, 1.54) is 0 Å². The molecule has 0 radical (unpaired) electrons. The Labute approximate surface area is 114 Å². The third-order valence-electron chi connectivity index (χ3n) is 2.73. The Morgan fingerprint density at radius 2 is 1.94 bits per heavy atom. The Hall–Kier alpha value is -1.71. The first-order valence-electron chi connectivity index (χ1n) is 5.34. The molecule has 0 saturated heterocycles. The SMILES string of the molecule is Nc1cccn2cc(-c3ccc(Cl)c(Cl)c3)nc12. The van der Waals surface area contributed by atoms with Gasteiger partial charge in [-0.25, -0.2) is 4.98 Å². The minimum Gasteiger partial charge on any atom is -0.396 e. The number of hydrogen-bond donors (Lipinski definition) is 1. The lowest BCUT2D eigenvalue weighted by molar-refractivity contribution is 1.19. The van der Waals surface area contributed by atoms with Gasteiger partial charge in [-0.3, -0.25) is 0 Å². The minimum absolute atomic E-state index is 0.513. The van der Waals surface area contributed by atoms with Gasteiger partial charge in [0.15, 0.2) is 5.65 Å². The second-order valence-corrected chi connectivity index (χ2v) is 4.76. The van der Waals surface area contributed by atoms with Crippen molar-refractivity contribution in [2.75, 3.05) is 5.73 Å². The molecule has 2 N–H and O–H groups in total. The highest BCUT2D eigenvalue weighted by molar-refractivity contribution is 6.42. The van der Waals surface area contributed by atoms with Crippen molar-refractivity contribution < 1.29 is 0 Å². The van der Waals surface area contributed by atoms with E-state index in [0.717, 1.165) is 16.9 Å². The van der Waals surface area contributed by atoms with Gasteiger partial charge in [-0.05, 0) is 24.3 Å². The molecule has 3 rings (SSSR count). The number of aromatic nitrogens is 2. The standard InChI is InChI=1S/C13H9Cl2N3/c14-9-4-3-8(6-10(9)15)12-7-18-5-1-2-11(16)13(18)17-12/h1-7H,16H2. The van der Waals surface area contributed by atoms with Crippen LogP contribution in [0.1, 0.15) is 0 Å². The molecule has 2 aromatic heterocycles. The summed E-state index contributed by atoms with van der Waals surface area (Å²) in [5.74, 6) is 0. The average molecular weight is 278 g/mol. The van der Waals surface area contributed by atoms with E-state index in [1.54, 1.807) is 12.1 Å². The summed E-state index contributed by atoms with van der Waals surface area (Å²) < 4.78 is 1.88. The largest absolute Gasteiger partial charge is 0.396 e. The molecule has 3 aromatic rings. The molecule has 0 bridgehead atoms. The number of halogens is 2. The lowest BCUT2D eigenvalue weighted by atomic mass is 10.2. The van der Waals surface area contributed by atoms with Crippen LogP contribution in [0.3, 0.4) is 0 Å². The Balaban J connectivity index is 2.19. The summed E-state index contributed by atoms with van der Waals surface area (Å²) in [5, 5.41) is 1.04. The molecule has 0 aliphatic carbocycles. The molecule has 0 atom stereocenters. The van der Waals surface area contributed by atoms with Crippen molar-refractivity contribution in [2.45, 2.75) is 0 Å². The Kier molecular flexibility index (Phi) is 2.65. The number of hydrogen-bond acceptors (Lipinski definition) is 2. The van der Waals surface area contributed by atoms with Crippen LogP contribution in [0.15, 0.2) is 42.7 Å². The van der Waals surface area contributed by atoms with Gasteiger partial charge in [-0.1, -0.05) is 29.3 Å². The molecule has 0 aliphatic heterocycles.